The Morgan fingerprint density at radius 2 is 1.77 bits per heavy atom. The number of carboxylic acid groups (broad SMARTS) is 1. The highest BCUT2D eigenvalue weighted by Crippen LogP contribution is 2.54. The summed E-state index contributed by atoms with van der Waals surface area (Å²) in [5, 5.41) is 14.8. The molecule has 5 atom stereocenters. The summed E-state index contributed by atoms with van der Waals surface area (Å²) in [6, 6.07) is 6.40. The van der Waals surface area contributed by atoms with E-state index in [1.165, 1.54) is 18.1 Å². The maximum absolute atomic E-state index is 13.9. The number of nitrogens with one attached hydrogen (secondary N) is 2. The molecule has 1 heterocycles. The number of allylic oxidation sites excluding steroid dienone is 1. The van der Waals surface area contributed by atoms with Gasteiger partial charge in [0.25, 0.3) is 5.91 Å². The van der Waals surface area contributed by atoms with E-state index in [9.17, 15) is 41.8 Å². The molecule has 1 aliphatic heterocycles. The van der Waals surface area contributed by atoms with E-state index in [2.05, 4.69) is 16.7 Å². The Labute approximate surface area is 268 Å². The van der Waals surface area contributed by atoms with Gasteiger partial charge in [0, 0.05) is 30.7 Å². The number of methoxy groups -OCH3 is 1. The van der Waals surface area contributed by atoms with Gasteiger partial charge in [0.1, 0.15) is 11.6 Å². The van der Waals surface area contributed by atoms with E-state index in [0.29, 0.717) is 43.0 Å². The average molecular weight is 658 g/mol. The number of benzene rings is 2. The lowest BCUT2D eigenvalue weighted by Crippen LogP contribution is -2.48. The van der Waals surface area contributed by atoms with Crippen LogP contribution in [0.5, 0.6) is 5.75 Å². The molecule has 47 heavy (non-hydrogen) atoms. The maximum Gasteiger partial charge on any atom is 0.419 e. The van der Waals surface area contributed by atoms with Crippen molar-refractivity contribution in [3.8, 4) is 5.75 Å². The molecule has 4 aliphatic rings. The first kappa shape index (κ1) is 32.5. The topological polar surface area (TPSA) is 125 Å². The first-order valence-electron chi connectivity index (χ1n) is 15.7. The van der Waals surface area contributed by atoms with Crippen molar-refractivity contribution in [3.63, 3.8) is 0 Å². The second-order valence-corrected chi connectivity index (χ2v) is 12.9. The van der Waals surface area contributed by atoms with Crippen molar-refractivity contribution in [2.24, 2.45) is 29.6 Å². The van der Waals surface area contributed by atoms with Gasteiger partial charge in [-0.05, 0) is 79.8 Å². The van der Waals surface area contributed by atoms with Gasteiger partial charge in [0.2, 0.25) is 11.8 Å². The minimum absolute atomic E-state index is 0.0539. The largest absolute Gasteiger partial charge is 0.496 e. The molecule has 13 heteroatoms. The first-order valence-corrected chi connectivity index (χ1v) is 15.7. The van der Waals surface area contributed by atoms with Gasteiger partial charge in [-0.15, -0.1) is 0 Å². The molecule has 3 aliphatic carbocycles. The number of carbonyl (C=O) groups excluding carboxylic acids is 3. The maximum atomic E-state index is 13.9. The summed E-state index contributed by atoms with van der Waals surface area (Å²) >= 11 is 0. The highest BCUT2D eigenvalue weighted by atomic mass is 19.4. The quantitative estimate of drug-likeness (QED) is 0.256. The van der Waals surface area contributed by atoms with Crippen LogP contribution in [0.2, 0.25) is 0 Å². The van der Waals surface area contributed by atoms with E-state index in [0.717, 1.165) is 30.9 Å². The lowest BCUT2D eigenvalue weighted by molar-refractivity contribution is -0.142. The van der Waals surface area contributed by atoms with Gasteiger partial charge in [-0.1, -0.05) is 17.7 Å². The zero-order valence-electron chi connectivity index (χ0n) is 25.6. The molecule has 2 aromatic rings. The number of carbonyl (C=O) groups is 4. The van der Waals surface area contributed by atoms with Crippen LogP contribution in [0.4, 0.5) is 23.2 Å². The van der Waals surface area contributed by atoms with Crippen molar-refractivity contribution >= 4 is 29.4 Å². The number of rotatable bonds is 9. The van der Waals surface area contributed by atoms with Crippen molar-refractivity contribution in [2.75, 3.05) is 25.5 Å². The van der Waals surface area contributed by atoms with Crippen molar-refractivity contribution in [3.05, 3.63) is 70.6 Å². The molecule has 3 N–H and O–H groups in total. The molecule has 0 aromatic heterocycles. The SMILES string of the molecule is COc1ccc(CC(=O)N2CC[C@@H](C(=O)O)C2)cc1C(=O)N[C@H]1[C@@H](C(=O)Nc2ccc(F)c(C(F)(F)F)c2)[C@H]2CC[C@@H]1/C2=C\C1CC1. The van der Waals surface area contributed by atoms with E-state index in [4.69, 9.17) is 4.74 Å². The molecule has 0 unspecified atom stereocenters. The second-order valence-electron chi connectivity index (χ2n) is 12.9. The number of carboxylic acids is 1. The molecular formula is C34H35F4N3O6. The highest BCUT2D eigenvalue weighted by Gasteiger charge is 2.55. The summed E-state index contributed by atoms with van der Waals surface area (Å²) in [6.07, 6.45) is 1.03. The van der Waals surface area contributed by atoms with Crippen LogP contribution in [-0.2, 0) is 27.0 Å². The summed E-state index contributed by atoms with van der Waals surface area (Å²) in [4.78, 5) is 53.4. The number of aliphatic carboxylic acids is 1. The summed E-state index contributed by atoms with van der Waals surface area (Å²) in [5.41, 5.74) is 0.0543. The van der Waals surface area contributed by atoms with E-state index < -0.39 is 53.2 Å². The average Bonchev–Trinajstić information content (AvgIpc) is 3.42. The molecule has 0 spiro atoms. The number of amides is 3. The molecule has 1 saturated heterocycles. The Morgan fingerprint density at radius 3 is 2.43 bits per heavy atom. The molecule has 9 nitrogen and oxygen atoms in total. The van der Waals surface area contributed by atoms with Crippen LogP contribution in [-0.4, -0.2) is 59.9 Å². The number of alkyl halides is 3. The third-order valence-corrected chi connectivity index (χ3v) is 9.84. The van der Waals surface area contributed by atoms with Crippen LogP contribution in [0, 0.1) is 35.4 Å². The number of anilines is 1. The Kier molecular flexibility index (Phi) is 8.75. The Bertz CT molecular complexity index is 1640. The zero-order chi connectivity index (χ0) is 33.6. The summed E-state index contributed by atoms with van der Waals surface area (Å²) in [6.45, 7) is 0.455. The fraction of sp³-hybridized carbons (Fsp3) is 0.471. The number of hydrogen-bond acceptors (Lipinski definition) is 5. The van der Waals surface area contributed by atoms with Crippen molar-refractivity contribution in [1.29, 1.82) is 0 Å². The van der Waals surface area contributed by atoms with Crippen LogP contribution in [0.3, 0.4) is 0 Å². The normalized spacial score (nSPS) is 26.0. The van der Waals surface area contributed by atoms with Crippen LogP contribution in [0.1, 0.15) is 53.6 Å². The predicted molar refractivity (Wildman–Crippen MR) is 161 cm³/mol. The van der Waals surface area contributed by atoms with Crippen LogP contribution < -0.4 is 15.4 Å². The van der Waals surface area contributed by atoms with E-state index >= 15 is 0 Å². The monoisotopic (exact) mass is 657 g/mol. The number of hydrogen-bond donors (Lipinski definition) is 3. The zero-order valence-corrected chi connectivity index (χ0v) is 25.6. The molecular weight excluding hydrogens is 622 g/mol. The van der Waals surface area contributed by atoms with Gasteiger partial charge in [-0.3, -0.25) is 19.2 Å². The van der Waals surface area contributed by atoms with Gasteiger partial charge in [-0.25, -0.2) is 4.39 Å². The van der Waals surface area contributed by atoms with E-state index in [1.54, 1.807) is 12.1 Å². The van der Waals surface area contributed by atoms with Crippen LogP contribution >= 0.6 is 0 Å². The van der Waals surface area contributed by atoms with Crippen LogP contribution in [0.15, 0.2) is 48.0 Å². The number of halogens is 4. The molecule has 3 amide bonds. The Balaban J connectivity index is 1.23. The van der Waals surface area contributed by atoms with Gasteiger partial charge in [0.05, 0.1) is 36.5 Å². The van der Waals surface area contributed by atoms with Crippen LogP contribution in [0.25, 0.3) is 0 Å². The molecule has 6 rings (SSSR count). The summed E-state index contributed by atoms with van der Waals surface area (Å²) < 4.78 is 59.4. The molecule has 4 fully saturated rings. The summed E-state index contributed by atoms with van der Waals surface area (Å²) in [7, 11) is 1.40. The molecule has 250 valence electrons. The number of nitrogens with zero attached hydrogens (tertiary/aromatic N) is 1. The predicted octanol–water partition coefficient (Wildman–Crippen LogP) is 5.06. The lowest BCUT2D eigenvalue weighted by Gasteiger charge is -2.30. The van der Waals surface area contributed by atoms with Gasteiger partial charge in [0.15, 0.2) is 0 Å². The number of ether oxygens (including phenoxy) is 1. The standard InChI is InChI=1S/C34H35F4N3O6/c1-47-27-9-4-18(14-28(42)41-11-10-19(16-41)33(45)46)13-24(27)31(43)40-30-22-7-6-21(23(22)12-17-2-3-17)29(30)32(44)39-20-5-8-26(35)25(15-20)34(36,37)38/h4-5,8-9,12-13,15,17,19,21-22,29-30H,2-3,6-7,10-11,14,16H2,1H3,(H,39,44)(H,40,43)(H,45,46)/b23-12-/t19-,21+,22-,29+,30-/m1/s1. The fourth-order valence-electron chi connectivity index (χ4n) is 7.35. The summed E-state index contributed by atoms with van der Waals surface area (Å²) in [5.74, 6) is -4.88. The van der Waals surface area contributed by atoms with Crippen molar-refractivity contribution in [2.45, 2.75) is 50.7 Å². The molecule has 3 saturated carbocycles. The van der Waals surface area contributed by atoms with Crippen molar-refractivity contribution < 1.29 is 46.6 Å². The first-order chi connectivity index (χ1) is 22.3. The third-order valence-electron chi connectivity index (χ3n) is 9.84. The minimum Gasteiger partial charge on any atom is -0.496 e. The molecule has 2 bridgehead atoms. The number of likely N-dealkylation sites (tertiary alicyclic amines) is 1. The molecule has 0 radical (unpaired) electrons. The Hall–Kier alpha value is -4.42. The second kappa shape index (κ2) is 12.6. The van der Waals surface area contributed by atoms with Gasteiger partial charge < -0.3 is 25.4 Å². The fourth-order valence-corrected chi connectivity index (χ4v) is 7.35. The van der Waals surface area contributed by atoms with Gasteiger partial charge in [-0.2, -0.15) is 13.2 Å². The van der Waals surface area contributed by atoms with Gasteiger partial charge >= 0.3 is 12.1 Å². The van der Waals surface area contributed by atoms with Crippen molar-refractivity contribution in [1.82, 2.24) is 10.2 Å². The smallest absolute Gasteiger partial charge is 0.419 e. The minimum atomic E-state index is -4.94. The Morgan fingerprint density at radius 1 is 1.02 bits per heavy atom. The van der Waals surface area contributed by atoms with E-state index in [-0.39, 0.29) is 47.7 Å². The van der Waals surface area contributed by atoms with E-state index in [1.807, 2.05) is 0 Å². The highest BCUT2D eigenvalue weighted by molar-refractivity contribution is 5.99. The molecule has 2 aromatic carbocycles. The number of fused-ring (bicyclic) bond motifs is 2. The lowest BCUT2D eigenvalue weighted by atomic mass is 9.83. The third kappa shape index (κ3) is 6.70.